The lowest BCUT2D eigenvalue weighted by atomic mass is 9.87. The highest BCUT2D eigenvalue weighted by Crippen LogP contribution is 2.41. The smallest absolute Gasteiger partial charge is 0.119 e. The molecule has 2 rings (SSSR count). The van der Waals surface area contributed by atoms with Crippen LogP contribution in [0, 0.1) is 0 Å². The van der Waals surface area contributed by atoms with E-state index >= 15 is 0 Å². The molecule has 1 heterocycles. The van der Waals surface area contributed by atoms with Crippen LogP contribution in [0.25, 0.3) is 0 Å². The summed E-state index contributed by atoms with van der Waals surface area (Å²) in [6.45, 7) is 8.40. The zero-order valence-electron chi connectivity index (χ0n) is 10.0. The molecular formula is C13H19NO. The highest BCUT2D eigenvalue weighted by atomic mass is 16.5. The molecule has 2 heteroatoms. The first-order valence-corrected chi connectivity index (χ1v) is 5.53. The van der Waals surface area contributed by atoms with E-state index in [1.54, 1.807) is 0 Å². The Labute approximate surface area is 91.9 Å². The van der Waals surface area contributed by atoms with Crippen molar-refractivity contribution in [3.05, 3.63) is 23.8 Å². The molecule has 82 valence electrons. The first-order valence-electron chi connectivity index (χ1n) is 5.53. The minimum atomic E-state index is 0.233. The summed E-state index contributed by atoms with van der Waals surface area (Å²) in [5.41, 5.74) is 2.97. The molecule has 0 radical (unpaired) electrons. The maximum Gasteiger partial charge on any atom is 0.119 e. The van der Waals surface area contributed by atoms with Crippen LogP contribution >= 0.6 is 0 Å². The Bertz CT molecular complexity index is 371. The number of nitrogens with zero attached hydrogens (tertiary/aromatic N) is 1. The predicted molar refractivity (Wildman–Crippen MR) is 63.9 cm³/mol. The summed E-state index contributed by atoms with van der Waals surface area (Å²) in [6, 6.07) is 6.40. The number of benzene rings is 1. The molecule has 0 bridgehead atoms. The summed E-state index contributed by atoms with van der Waals surface area (Å²) in [6.07, 6.45) is 0. The van der Waals surface area contributed by atoms with Gasteiger partial charge in [-0.05, 0) is 30.7 Å². The van der Waals surface area contributed by atoms with Crippen LogP contribution in [0.4, 0.5) is 5.69 Å². The van der Waals surface area contributed by atoms with Crippen molar-refractivity contribution in [1.29, 1.82) is 0 Å². The molecule has 0 fully saturated rings. The average molecular weight is 205 g/mol. The molecule has 0 amide bonds. The molecule has 0 N–H and O–H groups in total. The van der Waals surface area contributed by atoms with Crippen molar-refractivity contribution in [3.8, 4) is 5.75 Å². The SMILES string of the molecule is CCOc1ccc2c(c1)C(C)(C)CN2C. The molecule has 0 saturated heterocycles. The van der Waals surface area contributed by atoms with Crippen LogP contribution < -0.4 is 9.64 Å². The second-order valence-corrected chi connectivity index (χ2v) is 4.85. The average Bonchev–Trinajstić information content (AvgIpc) is 2.38. The van der Waals surface area contributed by atoms with Crippen molar-refractivity contribution < 1.29 is 4.74 Å². The number of anilines is 1. The van der Waals surface area contributed by atoms with Crippen molar-refractivity contribution in [2.75, 3.05) is 25.1 Å². The quantitative estimate of drug-likeness (QED) is 0.736. The van der Waals surface area contributed by atoms with Gasteiger partial charge in [-0.3, -0.25) is 0 Å². The summed E-state index contributed by atoms with van der Waals surface area (Å²) in [5, 5.41) is 0. The number of ether oxygens (including phenoxy) is 1. The molecule has 0 saturated carbocycles. The third kappa shape index (κ3) is 1.69. The molecule has 1 aliphatic rings. The number of hydrogen-bond acceptors (Lipinski definition) is 2. The lowest BCUT2D eigenvalue weighted by molar-refractivity contribution is 0.339. The summed E-state index contributed by atoms with van der Waals surface area (Å²) in [5.74, 6) is 0.986. The predicted octanol–water partition coefficient (Wildman–Crippen LogP) is 2.81. The number of rotatable bonds is 2. The van der Waals surface area contributed by atoms with Gasteiger partial charge in [-0.1, -0.05) is 13.8 Å². The number of fused-ring (bicyclic) bond motifs is 1. The van der Waals surface area contributed by atoms with E-state index < -0.39 is 0 Å². The van der Waals surface area contributed by atoms with Gasteiger partial charge in [0.15, 0.2) is 0 Å². The van der Waals surface area contributed by atoms with E-state index in [2.05, 4.69) is 44.0 Å². The van der Waals surface area contributed by atoms with Gasteiger partial charge in [0.2, 0.25) is 0 Å². The van der Waals surface area contributed by atoms with Crippen molar-refractivity contribution in [2.45, 2.75) is 26.2 Å². The lowest BCUT2D eigenvalue weighted by Gasteiger charge is -2.18. The first kappa shape index (κ1) is 10.3. The molecule has 0 unspecified atom stereocenters. The van der Waals surface area contributed by atoms with Gasteiger partial charge in [0.05, 0.1) is 6.61 Å². The van der Waals surface area contributed by atoms with Crippen LogP contribution in [0.2, 0.25) is 0 Å². The van der Waals surface area contributed by atoms with Gasteiger partial charge < -0.3 is 9.64 Å². The van der Waals surface area contributed by atoms with Gasteiger partial charge >= 0.3 is 0 Å². The monoisotopic (exact) mass is 205 g/mol. The third-order valence-corrected chi connectivity index (χ3v) is 3.05. The standard InChI is InChI=1S/C13H19NO/c1-5-15-10-6-7-12-11(8-10)13(2,3)9-14(12)4/h6-8H,5,9H2,1-4H3. The van der Waals surface area contributed by atoms with Crippen LogP contribution in [-0.4, -0.2) is 20.2 Å². The second-order valence-electron chi connectivity index (χ2n) is 4.85. The van der Waals surface area contributed by atoms with Crippen LogP contribution in [-0.2, 0) is 5.41 Å². The summed E-state index contributed by atoms with van der Waals surface area (Å²) in [7, 11) is 2.15. The van der Waals surface area contributed by atoms with Crippen molar-refractivity contribution in [3.63, 3.8) is 0 Å². The largest absolute Gasteiger partial charge is 0.494 e. The Hall–Kier alpha value is -1.18. The number of likely N-dealkylation sites (N-methyl/N-ethyl adjacent to an activating group) is 1. The van der Waals surface area contributed by atoms with Gasteiger partial charge in [-0.2, -0.15) is 0 Å². The minimum absolute atomic E-state index is 0.233. The van der Waals surface area contributed by atoms with Crippen LogP contribution in [0.15, 0.2) is 18.2 Å². The Morgan fingerprint density at radius 1 is 1.40 bits per heavy atom. The van der Waals surface area contributed by atoms with Gasteiger partial charge in [0.1, 0.15) is 5.75 Å². The molecule has 15 heavy (non-hydrogen) atoms. The molecule has 0 atom stereocenters. The fraction of sp³-hybridized carbons (Fsp3) is 0.538. The van der Waals surface area contributed by atoms with Gasteiger partial charge in [-0.15, -0.1) is 0 Å². The molecule has 0 spiro atoms. The van der Waals surface area contributed by atoms with Gasteiger partial charge in [-0.25, -0.2) is 0 Å². The van der Waals surface area contributed by atoms with Gasteiger partial charge in [0, 0.05) is 24.7 Å². The third-order valence-electron chi connectivity index (χ3n) is 3.05. The summed E-state index contributed by atoms with van der Waals surface area (Å²) >= 11 is 0. The van der Waals surface area contributed by atoms with Crippen LogP contribution in [0.3, 0.4) is 0 Å². The molecule has 0 aromatic heterocycles. The van der Waals surface area contributed by atoms with E-state index in [4.69, 9.17) is 4.74 Å². The topological polar surface area (TPSA) is 12.5 Å². The van der Waals surface area contributed by atoms with Crippen LogP contribution in [0.5, 0.6) is 5.75 Å². The molecule has 1 aromatic rings. The first-order chi connectivity index (χ1) is 7.04. The zero-order chi connectivity index (χ0) is 11.1. The molecule has 1 aliphatic heterocycles. The fourth-order valence-electron chi connectivity index (χ4n) is 2.41. The molecule has 2 nitrogen and oxygen atoms in total. The molecule has 1 aromatic carbocycles. The summed E-state index contributed by atoms with van der Waals surface area (Å²) < 4.78 is 5.54. The summed E-state index contributed by atoms with van der Waals surface area (Å²) in [4.78, 5) is 2.31. The highest BCUT2D eigenvalue weighted by Gasteiger charge is 2.33. The van der Waals surface area contributed by atoms with Crippen molar-refractivity contribution >= 4 is 5.69 Å². The Morgan fingerprint density at radius 2 is 2.13 bits per heavy atom. The minimum Gasteiger partial charge on any atom is -0.494 e. The van der Waals surface area contributed by atoms with E-state index in [-0.39, 0.29) is 5.41 Å². The Morgan fingerprint density at radius 3 is 2.80 bits per heavy atom. The zero-order valence-corrected chi connectivity index (χ0v) is 10.0. The maximum absolute atomic E-state index is 5.54. The molecular weight excluding hydrogens is 186 g/mol. The fourth-order valence-corrected chi connectivity index (χ4v) is 2.41. The highest BCUT2D eigenvalue weighted by molar-refractivity contribution is 5.63. The molecule has 0 aliphatic carbocycles. The van der Waals surface area contributed by atoms with E-state index in [1.165, 1.54) is 11.3 Å². The van der Waals surface area contributed by atoms with E-state index in [0.717, 1.165) is 18.9 Å². The van der Waals surface area contributed by atoms with E-state index in [9.17, 15) is 0 Å². The second kappa shape index (κ2) is 3.44. The van der Waals surface area contributed by atoms with Crippen LogP contribution in [0.1, 0.15) is 26.3 Å². The Kier molecular flexibility index (Phi) is 2.37. The van der Waals surface area contributed by atoms with Gasteiger partial charge in [0.25, 0.3) is 0 Å². The normalized spacial score (nSPS) is 17.7. The lowest BCUT2D eigenvalue weighted by Crippen LogP contribution is -2.24. The maximum atomic E-state index is 5.54. The van der Waals surface area contributed by atoms with E-state index in [0.29, 0.717) is 0 Å². The van der Waals surface area contributed by atoms with Crippen molar-refractivity contribution in [2.24, 2.45) is 0 Å². The van der Waals surface area contributed by atoms with E-state index in [1.807, 2.05) is 6.92 Å². The Balaban J connectivity index is 2.43. The number of hydrogen-bond donors (Lipinski definition) is 0. The van der Waals surface area contributed by atoms with Crippen molar-refractivity contribution in [1.82, 2.24) is 0 Å².